The molecule has 0 aliphatic carbocycles. The molecule has 0 fully saturated rings. The molecule has 0 bridgehead atoms. The topological polar surface area (TPSA) is 32.3 Å². The minimum absolute atomic E-state index is 0.311. The minimum Gasteiger partial charge on any atom is -0.396 e. The number of aliphatic hydroxyl groups excluding tert-OH is 1. The van der Waals surface area contributed by atoms with Crippen LogP contribution in [-0.2, 0) is 0 Å². The Balaban J connectivity index is 2.91. The Kier molecular flexibility index (Phi) is 20.8. The lowest BCUT2D eigenvalue weighted by Crippen LogP contribution is -2.17. The maximum atomic E-state index is 8.66. The van der Waals surface area contributed by atoms with Gasteiger partial charge in [-0.2, -0.15) is 0 Å². The standard InChI is InChI=1S/C20H43NO/c1-2-3-4-5-6-7-8-9-10-11-12-13-14-15-16-18-21-19-17-20-22/h21-22H,2-20H2,1H3. The summed E-state index contributed by atoms with van der Waals surface area (Å²) < 4.78 is 0. The largest absolute Gasteiger partial charge is 0.396 e. The Bertz CT molecular complexity index is 165. The van der Waals surface area contributed by atoms with Gasteiger partial charge in [0.25, 0.3) is 0 Å². The van der Waals surface area contributed by atoms with Crippen LogP contribution < -0.4 is 5.32 Å². The smallest absolute Gasteiger partial charge is 0.0443 e. The molecule has 0 aromatic rings. The number of unbranched alkanes of at least 4 members (excludes halogenated alkanes) is 14. The van der Waals surface area contributed by atoms with Crippen LogP contribution in [0.5, 0.6) is 0 Å². The molecule has 0 atom stereocenters. The van der Waals surface area contributed by atoms with Crippen LogP contribution in [-0.4, -0.2) is 24.8 Å². The van der Waals surface area contributed by atoms with E-state index >= 15 is 0 Å². The molecular weight excluding hydrogens is 270 g/mol. The zero-order valence-electron chi connectivity index (χ0n) is 15.4. The second kappa shape index (κ2) is 20.9. The number of rotatable bonds is 19. The van der Waals surface area contributed by atoms with E-state index in [0.717, 1.165) is 19.5 Å². The van der Waals surface area contributed by atoms with E-state index in [1.165, 1.54) is 96.3 Å². The van der Waals surface area contributed by atoms with Gasteiger partial charge < -0.3 is 10.4 Å². The van der Waals surface area contributed by atoms with E-state index in [4.69, 9.17) is 5.11 Å². The first-order valence-corrected chi connectivity index (χ1v) is 10.2. The van der Waals surface area contributed by atoms with Crippen LogP contribution in [0, 0.1) is 0 Å². The van der Waals surface area contributed by atoms with Gasteiger partial charge in [0.2, 0.25) is 0 Å². The van der Waals surface area contributed by atoms with E-state index in [2.05, 4.69) is 12.2 Å². The van der Waals surface area contributed by atoms with Crippen molar-refractivity contribution < 1.29 is 5.11 Å². The normalized spacial score (nSPS) is 11.2. The average molecular weight is 314 g/mol. The molecule has 0 spiro atoms. The highest BCUT2D eigenvalue weighted by Crippen LogP contribution is 2.13. The summed E-state index contributed by atoms with van der Waals surface area (Å²) >= 11 is 0. The highest BCUT2D eigenvalue weighted by molar-refractivity contribution is 4.51. The lowest BCUT2D eigenvalue weighted by molar-refractivity contribution is 0.286. The monoisotopic (exact) mass is 313 g/mol. The lowest BCUT2D eigenvalue weighted by atomic mass is 10.0. The van der Waals surface area contributed by atoms with Crippen molar-refractivity contribution in [1.82, 2.24) is 5.32 Å². The summed E-state index contributed by atoms with van der Waals surface area (Å²) in [5.41, 5.74) is 0. The number of nitrogens with one attached hydrogen (secondary N) is 1. The van der Waals surface area contributed by atoms with Crippen LogP contribution >= 0.6 is 0 Å². The number of hydrogen-bond acceptors (Lipinski definition) is 2. The van der Waals surface area contributed by atoms with Gasteiger partial charge in [-0.1, -0.05) is 96.8 Å². The fraction of sp³-hybridized carbons (Fsp3) is 1.00. The van der Waals surface area contributed by atoms with Crippen LogP contribution in [0.2, 0.25) is 0 Å². The van der Waals surface area contributed by atoms with Gasteiger partial charge in [0, 0.05) is 6.61 Å². The summed E-state index contributed by atoms with van der Waals surface area (Å²) in [4.78, 5) is 0. The molecular formula is C20H43NO. The molecule has 0 amide bonds. The summed E-state index contributed by atoms with van der Waals surface area (Å²) in [5.74, 6) is 0. The van der Waals surface area contributed by atoms with Crippen molar-refractivity contribution in [1.29, 1.82) is 0 Å². The van der Waals surface area contributed by atoms with Crippen molar-refractivity contribution in [3.63, 3.8) is 0 Å². The van der Waals surface area contributed by atoms with E-state index in [1.807, 2.05) is 0 Å². The van der Waals surface area contributed by atoms with Crippen LogP contribution in [0.1, 0.15) is 110 Å². The molecule has 2 heteroatoms. The molecule has 0 saturated carbocycles. The van der Waals surface area contributed by atoms with Gasteiger partial charge in [-0.3, -0.25) is 0 Å². The predicted octanol–water partition coefficient (Wildman–Crippen LogP) is 5.83. The van der Waals surface area contributed by atoms with E-state index in [9.17, 15) is 0 Å². The second-order valence-electron chi connectivity index (χ2n) is 6.78. The quantitative estimate of drug-likeness (QED) is 0.294. The van der Waals surface area contributed by atoms with Gasteiger partial charge in [0.05, 0.1) is 0 Å². The summed E-state index contributed by atoms with van der Waals surface area (Å²) in [6.07, 6.45) is 22.3. The lowest BCUT2D eigenvalue weighted by Gasteiger charge is -2.04. The number of hydrogen-bond donors (Lipinski definition) is 2. The van der Waals surface area contributed by atoms with E-state index in [-0.39, 0.29) is 0 Å². The van der Waals surface area contributed by atoms with Gasteiger partial charge in [0.15, 0.2) is 0 Å². The van der Waals surface area contributed by atoms with E-state index < -0.39 is 0 Å². The first-order chi connectivity index (χ1) is 10.9. The average Bonchev–Trinajstić information content (AvgIpc) is 2.54. The van der Waals surface area contributed by atoms with E-state index in [1.54, 1.807) is 0 Å². The molecule has 2 nitrogen and oxygen atoms in total. The Morgan fingerprint density at radius 3 is 1.27 bits per heavy atom. The molecule has 0 radical (unpaired) electrons. The summed E-state index contributed by atoms with van der Waals surface area (Å²) in [6, 6.07) is 0. The fourth-order valence-electron chi connectivity index (χ4n) is 2.95. The zero-order chi connectivity index (χ0) is 16.1. The van der Waals surface area contributed by atoms with Crippen molar-refractivity contribution in [3.05, 3.63) is 0 Å². The van der Waals surface area contributed by atoms with Gasteiger partial charge in [0.1, 0.15) is 0 Å². The summed E-state index contributed by atoms with van der Waals surface area (Å²) in [6.45, 7) is 4.69. The van der Waals surface area contributed by atoms with Crippen molar-refractivity contribution in [3.8, 4) is 0 Å². The summed E-state index contributed by atoms with van der Waals surface area (Å²) in [5, 5.41) is 12.0. The molecule has 0 unspecified atom stereocenters. The first kappa shape index (κ1) is 21.9. The zero-order valence-corrected chi connectivity index (χ0v) is 15.4. The Labute approximate surface area is 140 Å². The van der Waals surface area contributed by atoms with Crippen LogP contribution in [0.4, 0.5) is 0 Å². The van der Waals surface area contributed by atoms with Gasteiger partial charge in [-0.05, 0) is 25.9 Å². The molecule has 0 aromatic carbocycles. The molecule has 0 aromatic heterocycles. The van der Waals surface area contributed by atoms with Crippen LogP contribution in [0.15, 0.2) is 0 Å². The Hall–Kier alpha value is -0.0800. The molecule has 0 aliphatic heterocycles. The second-order valence-corrected chi connectivity index (χ2v) is 6.78. The molecule has 0 saturated heterocycles. The Morgan fingerprint density at radius 2 is 0.864 bits per heavy atom. The maximum Gasteiger partial charge on any atom is 0.0443 e. The Morgan fingerprint density at radius 1 is 0.500 bits per heavy atom. The first-order valence-electron chi connectivity index (χ1n) is 10.2. The molecule has 0 rings (SSSR count). The summed E-state index contributed by atoms with van der Waals surface area (Å²) in [7, 11) is 0. The third-order valence-corrected chi connectivity index (χ3v) is 4.47. The minimum atomic E-state index is 0.311. The number of aliphatic hydroxyl groups is 1. The van der Waals surface area contributed by atoms with Gasteiger partial charge >= 0.3 is 0 Å². The molecule has 2 N–H and O–H groups in total. The van der Waals surface area contributed by atoms with Gasteiger partial charge in [-0.15, -0.1) is 0 Å². The van der Waals surface area contributed by atoms with Crippen molar-refractivity contribution in [2.75, 3.05) is 19.7 Å². The molecule has 0 heterocycles. The van der Waals surface area contributed by atoms with E-state index in [0.29, 0.717) is 6.61 Å². The third kappa shape index (κ3) is 19.9. The van der Waals surface area contributed by atoms with Crippen LogP contribution in [0.25, 0.3) is 0 Å². The molecule has 0 aliphatic rings. The third-order valence-electron chi connectivity index (χ3n) is 4.47. The van der Waals surface area contributed by atoms with Crippen molar-refractivity contribution in [2.45, 2.75) is 110 Å². The van der Waals surface area contributed by atoms with Crippen molar-refractivity contribution >= 4 is 0 Å². The fourth-order valence-corrected chi connectivity index (χ4v) is 2.95. The highest BCUT2D eigenvalue weighted by Gasteiger charge is 1.94. The maximum absolute atomic E-state index is 8.66. The highest BCUT2D eigenvalue weighted by atomic mass is 16.3. The predicted molar refractivity (Wildman–Crippen MR) is 99.5 cm³/mol. The SMILES string of the molecule is CCCCCCCCCCCCCCCCCNCCCO. The molecule has 134 valence electrons. The van der Waals surface area contributed by atoms with Gasteiger partial charge in [-0.25, -0.2) is 0 Å². The molecule has 22 heavy (non-hydrogen) atoms. The van der Waals surface area contributed by atoms with Crippen molar-refractivity contribution in [2.24, 2.45) is 0 Å². The van der Waals surface area contributed by atoms with Crippen LogP contribution in [0.3, 0.4) is 0 Å².